The molecule has 0 saturated carbocycles. The second-order valence-corrected chi connectivity index (χ2v) is 4.35. The van der Waals surface area contributed by atoms with Gasteiger partial charge >= 0.3 is 5.97 Å². The number of carbonyl (C=O) groups is 1. The van der Waals surface area contributed by atoms with Gasteiger partial charge in [0.15, 0.2) is 0 Å². The molecule has 1 aromatic heterocycles. The number of ether oxygens (including phenoxy) is 2. The molecule has 0 unspecified atom stereocenters. The number of aromatic nitrogens is 1. The van der Waals surface area contributed by atoms with Crippen LogP contribution in [-0.4, -0.2) is 24.7 Å². The number of esters is 1. The lowest BCUT2D eigenvalue weighted by molar-refractivity contribution is 0.0526. The summed E-state index contributed by atoms with van der Waals surface area (Å²) in [5.74, 6) is 1.18. The molecule has 0 spiro atoms. The van der Waals surface area contributed by atoms with Crippen LogP contribution < -0.4 is 10.1 Å². The van der Waals surface area contributed by atoms with Crippen LogP contribution in [0.2, 0.25) is 0 Å². The minimum absolute atomic E-state index is 0.355. The van der Waals surface area contributed by atoms with Gasteiger partial charge in [-0.3, -0.25) is 0 Å². The van der Waals surface area contributed by atoms with Crippen molar-refractivity contribution in [3.05, 3.63) is 53.7 Å². The fraction of sp³-hybridized carbons (Fsp3) is 0.250. The van der Waals surface area contributed by atoms with Gasteiger partial charge in [-0.2, -0.15) is 0 Å². The molecule has 21 heavy (non-hydrogen) atoms. The van der Waals surface area contributed by atoms with Crippen molar-refractivity contribution < 1.29 is 14.3 Å². The number of carbonyl (C=O) groups excluding carboxylic acids is 1. The molecule has 0 saturated heterocycles. The standard InChI is InChI=1S/C16H18N2O3/c1-3-21-16(19)13-6-9-15(18-11-13)17-10-12-4-7-14(20-2)8-5-12/h4-9,11H,3,10H2,1-2H3,(H,17,18). The first kappa shape index (κ1) is 14.8. The van der Waals surface area contributed by atoms with E-state index in [2.05, 4.69) is 10.3 Å². The molecule has 0 fully saturated rings. The average molecular weight is 286 g/mol. The summed E-state index contributed by atoms with van der Waals surface area (Å²) >= 11 is 0. The lowest BCUT2D eigenvalue weighted by Crippen LogP contribution is -2.06. The topological polar surface area (TPSA) is 60.5 Å². The highest BCUT2D eigenvalue weighted by Crippen LogP contribution is 2.13. The van der Waals surface area contributed by atoms with Gasteiger partial charge in [0, 0.05) is 12.7 Å². The molecule has 110 valence electrons. The van der Waals surface area contributed by atoms with Gasteiger partial charge < -0.3 is 14.8 Å². The average Bonchev–Trinajstić information content (AvgIpc) is 2.54. The van der Waals surface area contributed by atoms with Crippen LogP contribution in [0.1, 0.15) is 22.8 Å². The molecular weight excluding hydrogens is 268 g/mol. The van der Waals surface area contributed by atoms with E-state index in [9.17, 15) is 4.79 Å². The second-order valence-electron chi connectivity index (χ2n) is 4.35. The van der Waals surface area contributed by atoms with E-state index >= 15 is 0 Å². The number of anilines is 1. The van der Waals surface area contributed by atoms with Gasteiger partial charge in [-0.15, -0.1) is 0 Å². The zero-order valence-corrected chi connectivity index (χ0v) is 12.1. The summed E-state index contributed by atoms with van der Waals surface area (Å²) in [6, 6.07) is 11.2. The van der Waals surface area contributed by atoms with Crippen molar-refractivity contribution in [1.82, 2.24) is 4.98 Å². The quantitative estimate of drug-likeness (QED) is 0.827. The largest absolute Gasteiger partial charge is 0.497 e. The molecule has 0 aliphatic rings. The van der Waals surface area contributed by atoms with Gasteiger partial charge in [0.25, 0.3) is 0 Å². The summed E-state index contributed by atoms with van der Waals surface area (Å²) in [7, 11) is 1.64. The Morgan fingerprint density at radius 1 is 1.19 bits per heavy atom. The predicted octanol–water partition coefficient (Wildman–Crippen LogP) is 2.88. The second kappa shape index (κ2) is 7.28. The third kappa shape index (κ3) is 4.21. The maximum atomic E-state index is 11.5. The highest BCUT2D eigenvalue weighted by Gasteiger charge is 2.06. The molecule has 1 N–H and O–H groups in total. The Kier molecular flexibility index (Phi) is 5.15. The number of pyridine rings is 1. The number of nitrogens with one attached hydrogen (secondary N) is 1. The fourth-order valence-electron chi connectivity index (χ4n) is 1.77. The SMILES string of the molecule is CCOC(=O)c1ccc(NCc2ccc(OC)cc2)nc1. The third-order valence-electron chi connectivity index (χ3n) is 2.91. The maximum Gasteiger partial charge on any atom is 0.339 e. The van der Waals surface area contributed by atoms with E-state index < -0.39 is 0 Å². The zero-order chi connectivity index (χ0) is 15.1. The Hall–Kier alpha value is -2.56. The lowest BCUT2D eigenvalue weighted by atomic mass is 10.2. The molecule has 0 radical (unpaired) electrons. The minimum atomic E-state index is -0.355. The van der Waals surface area contributed by atoms with E-state index in [4.69, 9.17) is 9.47 Å². The first-order chi connectivity index (χ1) is 10.2. The van der Waals surface area contributed by atoms with Crippen LogP contribution in [0, 0.1) is 0 Å². The van der Waals surface area contributed by atoms with Crippen molar-refractivity contribution in [2.75, 3.05) is 19.0 Å². The van der Waals surface area contributed by atoms with E-state index in [1.165, 1.54) is 6.20 Å². The molecule has 0 aliphatic carbocycles. The van der Waals surface area contributed by atoms with Crippen LogP contribution in [-0.2, 0) is 11.3 Å². The summed E-state index contributed by atoms with van der Waals surface area (Å²) in [6.45, 7) is 2.78. The van der Waals surface area contributed by atoms with Gasteiger partial charge in [-0.05, 0) is 36.8 Å². The Balaban J connectivity index is 1.92. The Morgan fingerprint density at radius 3 is 2.52 bits per heavy atom. The van der Waals surface area contributed by atoms with E-state index in [-0.39, 0.29) is 5.97 Å². The summed E-state index contributed by atoms with van der Waals surface area (Å²) in [5.41, 5.74) is 1.57. The monoisotopic (exact) mass is 286 g/mol. The lowest BCUT2D eigenvalue weighted by Gasteiger charge is -2.07. The van der Waals surface area contributed by atoms with E-state index in [1.54, 1.807) is 26.2 Å². The summed E-state index contributed by atoms with van der Waals surface area (Å²) < 4.78 is 10.0. The van der Waals surface area contributed by atoms with Crippen molar-refractivity contribution in [3.8, 4) is 5.75 Å². The van der Waals surface area contributed by atoms with Gasteiger partial charge in [0.2, 0.25) is 0 Å². The van der Waals surface area contributed by atoms with E-state index in [0.717, 1.165) is 11.3 Å². The van der Waals surface area contributed by atoms with Crippen molar-refractivity contribution in [3.63, 3.8) is 0 Å². The highest BCUT2D eigenvalue weighted by molar-refractivity contribution is 5.89. The number of benzene rings is 1. The normalized spacial score (nSPS) is 10.0. The number of nitrogens with zero attached hydrogens (tertiary/aromatic N) is 1. The smallest absolute Gasteiger partial charge is 0.339 e. The number of hydrogen-bond donors (Lipinski definition) is 1. The predicted molar refractivity (Wildman–Crippen MR) is 80.5 cm³/mol. The fourth-order valence-corrected chi connectivity index (χ4v) is 1.77. The molecule has 5 nitrogen and oxygen atoms in total. The molecular formula is C16H18N2O3. The zero-order valence-electron chi connectivity index (χ0n) is 12.1. The van der Waals surface area contributed by atoms with E-state index in [0.29, 0.717) is 24.5 Å². The Bertz CT molecular complexity index is 579. The molecule has 0 amide bonds. The molecule has 2 rings (SSSR count). The number of rotatable bonds is 6. The summed E-state index contributed by atoms with van der Waals surface area (Å²) in [4.78, 5) is 15.7. The van der Waals surface area contributed by atoms with Crippen LogP contribution >= 0.6 is 0 Å². The third-order valence-corrected chi connectivity index (χ3v) is 2.91. The summed E-state index contributed by atoms with van der Waals surface area (Å²) in [5, 5.41) is 3.19. The first-order valence-corrected chi connectivity index (χ1v) is 6.73. The molecule has 0 atom stereocenters. The maximum absolute atomic E-state index is 11.5. The van der Waals surface area contributed by atoms with Gasteiger partial charge in [0.05, 0.1) is 19.3 Å². The van der Waals surface area contributed by atoms with Crippen molar-refractivity contribution in [2.45, 2.75) is 13.5 Å². The van der Waals surface area contributed by atoms with E-state index in [1.807, 2.05) is 24.3 Å². The number of methoxy groups -OCH3 is 1. The van der Waals surface area contributed by atoms with Gasteiger partial charge in [0.1, 0.15) is 11.6 Å². The molecule has 0 aliphatic heterocycles. The molecule has 0 bridgehead atoms. The number of hydrogen-bond acceptors (Lipinski definition) is 5. The first-order valence-electron chi connectivity index (χ1n) is 6.73. The minimum Gasteiger partial charge on any atom is -0.497 e. The van der Waals surface area contributed by atoms with Crippen LogP contribution in [0.25, 0.3) is 0 Å². The molecule has 1 aromatic carbocycles. The van der Waals surface area contributed by atoms with Crippen LogP contribution in [0.5, 0.6) is 5.75 Å². The molecule has 1 heterocycles. The van der Waals surface area contributed by atoms with Crippen molar-refractivity contribution in [1.29, 1.82) is 0 Å². The van der Waals surface area contributed by atoms with Crippen LogP contribution in [0.4, 0.5) is 5.82 Å². The summed E-state index contributed by atoms with van der Waals surface area (Å²) in [6.07, 6.45) is 1.51. The van der Waals surface area contributed by atoms with Crippen molar-refractivity contribution in [2.24, 2.45) is 0 Å². The van der Waals surface area contributed by atoms with Crippen LogP contribution in [0.15, 0.2) is 42.6 Å². The molecule has 5 heteroatoms. The molecule has 2 aromatic rings. The van der Waals surface area contributed by atoms with Crippen molar-refractivity contribution >= 4 is 11.8 Å². The highest BCUT2D eigenvalue weighted by atomic mass is 16.5. The Labute approximate surface area is 123 Å². The van der Waals surface area contributed by atoms with Crippen LogP contribution in [0.3, 0.4) is 0 Å². The van der Waals surface area contributed by atoms with Gasteiger partial charge in [-0.1, -0.05) is 12.1 Å². The Morgan fingerprint density at radius 2 is 1.95 bits per heavy atom. The van der Waals surface area contributed by atoms with Gasteiger partial charge in [-0.25, -0.2) is 9.78 Å².